The molecule has 8 nitrogen and oxygen atoms in total. The first-order valence-corrected chi connectivity index (χ1v) is 10.2. The number of rotatable bonds is 5. The van der Waals surface area contributed by atoms with Crippen molar-refractivity contribution in [1.29, 1.82) is 0 Å². The Balaban J connectivity index is 1.44. The number of hydrogen-bond donors (Lipinski definition) is 2. The molecule has 2 aliphatic heterocycles. The Hall–Kier alpha value is -3.68. The zero-order chi connectivity index (χ0) is 22.0. The quantitative estimate of drug-likeness (QED) is 0.721. The maximum Gasteiger partial charge on any atom is 0.317 e. The van der Waals surface area contributed by atoms with Crippen molar-refractivity contribution < 1.29 is 19.2 Å². The molecule has 4 rings (SSSR count). The average molecular weight is 420 g/mol. The molecule has 2 aromatic rings. The predicted molar refractivity (Wildman–Crippen MR) is 113 cm³/mol. The van der Waals surface area contributed by atoms with Crippen molar-refractivity contribution in [2.24, 2.45) is 0 Å². The van der Waals surface area contributed by atoms with Gasteiger partial charge in [0.25, 0.3) is 5.91 Å². The van der Waals surface area contributed by atoms with E-state index in [4.69, 9.17) is 0 Å². The van der Waals surface area contributed by atoms with Gasteiger partial charge in [-0.25, -0.2) is 4.79 Å². The zero-order valence-electron chi connectivity index (χ0n) is 17.3. The predicted octanol–water partition coefficient (Wildman–Crippen LogP) is 1.79. The molecule has 160 valence electrons. The number of carbonyl (C=O) groups is 4. The molecule has 5 amide bonds. The minimum absolute atomic E-state index is 0.215. The summed E-state index contributed by atoms with van der Waals surface area (Å²) in [5, 5.41) is 5.20. The summed E-state index contributed by atoms with van der Waals surface area (Å²) < 4.78 is 0. The minimum Gasteiger partial charge on any atom is -0.334 e. The molecule has 0 aromatic heterocycles. The summed E-state index contributed by atoms with van der Waals surface area (Å²) in [7, 11) is 1.70. The summed E-state index contributed by atoms with van der Waals surface area (Å²) in [6.07, 6.45) is 0.537. The highest BCUT2D eigenvalue weighted by molar-refractivity contribution is 6.05. The molecule has 1 fully saturated rings. The van der Waals surface area contributed by atoms with E-state index in [0.29, 0.717) is 25.1 Å². The number of hydrogen-bond acceptors (Lipinski definition) is 4. The molecular weight excluding hydrogens is 396 g/mol. The van der Waals surface area contributed by atoms with Crippen molar-refractivity contribution in [2.45, 2.75) is 38.5 Å². The molecule has 31 heavy (non-hydrogen) atoms. The van der Waals surface area contributed by atoms with Crippen molar-refractivity contribution in [3.05, 3.63) is 70.8 Å². The fourth-order valence-corrected chi connectivity index (χ4v) is 4.03. The summed E-state index contributed by atoms with van der Waals surface area (Å²) in [6, 6.07) is 14.2. The highest BCUT2D eigenvalue weighted by Gasteiger charge is 2.39. The maximum absolute atomic E-state index is 12.9. The number of piperidine rings is 1. The second-order valence-electron chi connectivity index (χ2n) is 7.84. The molecule has 0 radical (unpaired) electrons. The lowest BCUT2D eigenvalue weighted by Gasteiger charge is -2.29. The van der Waals surface area contributed by atoms with E-state index in [1.54, 1.807) is 24.1 Å². The van der Waals surface area contributed by atoms with Gasteiger partial charge >= 0.3 is 6.03 Å². The smallest absolute Gasteiger partial charge is 0.317 e. The van der Waals surface area contributed by atoms with Gasteiger partial charge < -0.3 is 15.1 Å². The molecule has 1 unspecified atom stereocenters. The number of amides is 5. The van der Waals surface area contributed by atoms with Gasteiger partial charge in [-0.2, -0.15) is 0 Å². The molecule has 2 aliphatic rings. The lowest BCUT2D eigenvalue weighted by molar-refractivity contribution is -0.136. The van der Waals surface area contributed by atoms with Crippen LogP contribution in [0.15, 0.2) is 48.5 Å². The third-order valence-electron chi connectivity index (χ3n) is 5.72. The van der Waals surface area contributed by atoms with Crippen LogP contribution in [0, 0.1) is 0 Å². The van der Waals surface area contributed by atoms with Crippen LogP contribution in [0.3, 0.4) is 0 Å². The molecular formula is C23H24N4O4. The summed E-state index contributed by atoms with van der Waals surface area (Å²) in [6.45, 7) is 1.05. The summed E-state index contributed by atoms with van der Waals surface area (Å²) in [5.41, 5.74) is 3.23. The Labute approximate surface area is 180 Å². The first-order valence-electron chi connectivity index (χ1n) is 10.2. The van der Waals surface area contributed by atoms with Gasteiger partial charge in [-0.1, -0.05) is 42.5 Å². The maximum atomic E-state index is 12.9. The number of imide groups is 1. The monoisotopic (exact) mass is 420 g/mol. The standard InChI is InChI=1S/C23H24N4O4/c1-26(23(31)24-12-15-6-3-2-4-7-15)13-16-8-5-9-17-18(16)14-27(22(17)30)19-10-11-20(28)25-21(19)29/h2-9,19H,10-14H2,1H3,(H,24,31)(H,25,28,29). The van der Waals surface area contributed by atoms with Crippen LogP contribution in [-0.4, -0.2) is 46.6 Å². The van der Waals surface area contributed by atoms with E-state index < -0.39 is 11.9 Å². The van der Waals surface area contributed by atoms with Gasteiger partial charge in [0.05, 0.1) is 0 Å². The molecule has 1 saturated heterocycles. The molecule has 2 heterocycles. The number of urea groups is 1. The first kappa shape index (κ1) is 20.6. The number of nitrogens with one attached hydrogen (secondary N) is 2. The van der Waals surface area contributed by atoms with Gasteiger partial charge in [0, 0.05) is 38.7 Å². The van der Waals surface area contributed by atoms with Crippen molar-refractivity contribution in [3.8, 4) is 0 Å². The van der Waals surface area contributed by atoms with E-state index in [1.807, 2.05) is 36.4 Å². The van der Waals surface area contributed by atoms with E-state index in [2.05, 4.69) is 10.6 Å². The van der Waals surface area contributed by atoms with Crippen LogP contribution in [-0.2, 0) is 29.2 Å². The summed E-state index contributed by atoms with van der Waals surface area (Å²) in [4.78, 5) is 52.2. The van der Waals surface area contributed by atoms with Crippen LogP contribution in [0.5, 0.6) is 0 Å². The molecule has 2 N–H and O–H groups in total. The van der Waals surface area contributed by atoms with Gasteiger partial charge in [-0.05, 0) is 29.2 Å². The van der Waals surface area contributed by atoms with Crippen molar-refractivity contribution in [3.63, 3.8) is 0 Å². The number of fused-ring (bicyclic) bond motifs is 1. The van der Waals surface area contributed by atoms with Gasteiger partial charge in [-0.15, -0.1) is 0 Å². The fraction of sp³-hybridized carbons (Fsp3) is 0.304. The third-order valence-corrected chi connectivity index (χ3v) is 5.72. The van der Waals surface area contributed by atoms with E-state index in [1.165, 1.54) is 4.90 Å². The van der Waals surface area contributed by atoms with Crippen LogP contribution in [0.4, 0.5) is 4.79 Å². The molecule has 0 spiro atoms. The topological polar surface area (TPSA) is 98.8 Å². The number of nitrogens with zero attached hydrogens (tertiary/aromatic N) is 2. The average Bonchev–Trinajstić information content (AvgIpc) is 3.10. The number of benzene rings is 2. The summed E-state index contributed by atoms with van der Waals surface area (Å²) in [5.74, 6) is -0.965. The van der Waals surface area contributed by atoms with E-state index in [-0.39, 0.29) is 30.8 Å². The molecule has 0 aliphatic carbocycles. The highest BCUT2D eigenvalue weighted by Crippen LogP contribution is 2.30. The molecule has 8 heteroatoms. The Bertz CT molecular complexity index is 1040. The lowest BCUT2D eigenvalue weighted by Crippen LogP contribution is -2.52. The van der Waals surface area contributed by atoms with Crippen LogP contribution < -0.4 is 10.6 Å². The Kier molecular flexibility index (Phi) is 5.70. The largest absolute Gasteiger partial charge is 0.334 e. The SMILES string of the molecule is CN(Cc1cccc2c1CN(C1CCC(=O)NC1=O)C2=O)C(=O)NCc1ccccc1. The normalized spacial score (nSPS) is 17.9. The molecule has 0 saturated carbocycles. The Morgan fingerprint density at radius 3 is 2.65 bits per heavy atom. The second kappa shape index (κ2) is 8.59. The van der Waals surface area contributed by atoms with Gasteiger partial charge in [0.1, 0.15) is 6.04 Å². The molecule has 2 aromatic carbocycles. The van der Waals surface area contributed by atoms with E-state index in [0.717, 1.165) is 16.7 Å². The van der Waals surface area contributed by atoms with Crippen molar-refractivity contribution >= 4 is 23.8 Å². The van der Waals surface area contributed by atoms with Crippen LogP contribution >= 0.6 is 0 Å². The highest BCUT2D eigenvalue weighted by atomic mass is 16.2. The summed E-state index contributed by atoms with van der Waals surface area (Å²) >= 11 is 0. The van der Waals surface area contributed by atoms with Gasteiger partial charge in [0.15, 0.2) is 0 Å². The number of carbonyl (C=O) groups excluding carboxylic acids is 4. The van der Waals surface area contributed by atoms with E-state index >= 15 is 0 Å². The Morgan fingerprint density at radius 2 is 1.90 bits per heavy atom. The first-order chi connectivity index (χ1) is 14.9. The molecule has 1 atom stereocenters. The second-order valence-corrected chi connectivity index (χ2v) is 7.84. The van der Waals surface area contributed by atoms with E-state index in [9.17, 15) is 19.2 Å². The zero-order valence-corrected chi connectivity index (χ0v) is 17.3. The fourth-order valence-electron chi connectivity index (χ4n) is 4.03. The van der Waals surface area contributed by atoms with Gasteiger partial charge in [0.2, 0.25) is 11.8 Å². The van der Waals surface area contributed by atoms with Crippen molar-refractivity contribution in [2.75, 3.05) is 7.05 Å². The van der Waals surface area contributed by atoms with Crippen molar-refractivity contribution in [1.82, 2.24) is 20.4 Å². The third kappa shape index (κ3) is 4.28. The minimum atomic E-state index is -0.655. The lowest BCUT2D eigenvalue weighted by atomic mass is 10.0. The van der Waals surface area contributed by atoms with Crippen LogP contribution in [0.1, 0.15) is 39.9 Å². The molecule has 0 bridgehead atoms. The van der Waals surface area contributed by atoms with Gasteiger partial charge in [-0.3, -0.25) is 19.7 Å². The van der Waals surface area contributed by atoms with Crippen LogP contribution in [0.25, 0.3) is 0 Å². The van der Waals surface area contributed by atoms with Crippen LogP contribution in [0.2, 0.25) is 0 Å². The Morgan fingerprint density at radius 1 is 1.13 bits per heavy atom.